The van der Waals surface area contributed by atoms with E-state index >= 15 is 0 Å². The second kappa shape index (κ2) is 6.35. The summed E-state index contributed by atoms with van der Waals surface area (Å²) < 4.78 is 23.2. The monoisotopic (exact) mass is 315 g/mol. The summed E-state index contributed by atoms with van der Waals surface area (Å²) >= 11 is 6.17. The van der Waals surface area contributed by atoms with E-state index in [2.05, 4.69) is 12.2 Å². The highest BCUT2D eigenvalue weighted by atomic mass is 35.5. The Labute approximate surface area is 126 Å². The molecular weight excluding hydrogens is 294 g/mol. The minimum absolute atomic E-state index is 0.306. The molecule has 3 nitrogen and oxygen atoms in total. The molecule has 1 atom stereocenters. The molecule has 0 spiro atoms. The van der Waals surface area contributed by atoms with Crippen molar-refractivity contribution in [3.8, 4) is 0 Å². The van der Waals surface area contributed by atoms with E-state index in [0.717, 1.165) is 0 Å². The predicted octanol–water partition coefficient (Wildman–Crippen LogP) is 4.12. The van der Waals surface area contributed by atoms with Crippen LogP contribution in [0.5, 0.6) is 0 Å². The number of hydrogen-bond acceptors (Lipinski definition) is 3. The average Bonchev–Trinajstić information content (AvgIpc) is 2.41. The number of rotatable bonds is 4. The molecule has 1 unspecified atom stereocenters. The van der Waals surface area contributed by atoms with Crippen LogP contribution in [0.3, 0.4) is 0 Å². The molecule has 0 radical (unpaired) electrons. The summed E-state index contributed by atoms with van der Waals surface area (Å²) in [5.74, 6) is 0.640. The lowest BCUT2D eigenvalue weighted by Crippen LogP contribution is -2.27. The lowest BCUT2D eigenvalue weighted by atomic mass is 9.84. The number of hydrogen-bond donors (Lipinski definition) is 1. The van der Waals surface area contributed by atoms with Crippen LogP contribution in [0.2, 0.25) is 5.02 Å². The van der Waals surface area contributed by atoms with Crippen LogP contribution in [0, 0.1) is 5.92 Å². The van der Waals surface area contributed by atoms with Gasteiger partial charge in [0.2, 0.25) is 0 Å². The van der Waals surface area contributed by atoms with Crippen LogP contribution < -0.4 is 5.32 Å². The van der Waals surface area contributed by atoms with Gasteiger partial charge in [-0.15, -0.1) is 0 Å². The van der Waals surface area contributed by atoms with Gasteiger partial charge in [0.1, 0.15) is 0 Å². The molecule has 0 amide bonds. The molecule has 0 heterocycles. The summed E-state index contributed by atoms with van der Waals surface area (Å²) in [5.41, 5.74) is 0.715. The summed E-state index contributed by atoms with van der Waals surface area (Å²) in [7, 11) is -3.20. The van der Waals surface area contributed by atoms with Gasteiger partial charge in [-0.2, -0.15) is 0 Å². The Morgan fingerprint density at radius 2 is 1.90 bits per heavy atom. The van der Waals surface area contributed by atoms with E-state index in [0.29, 0.717) is 27.6 Å². The molecule has 1 aromatic rings. The number of anilines is 1. The third-order valence-electron chi connectivity index (χ3n) is 4.11. The number of nitrogens with one attached hydrogen (secondary N) is 1. The van der Waals surface area contributed by atoms with Gasteiger partial charge in [0, 0.05) is 12.3 Å². The summed E-state index contributed by atoms with van der Waals surface area (Å²) in [6.07, 6.45) is 7.58. The molecular formula is C15H22ClNO2S. The summed E-state index contributed by atoms with van der Waals surface area (Å²) in [6.45, 7) is 2.15. The Morgan fingerprint density at radius 3 is 2.50 bits per heavy atom. The Morgan fingerprint density at radius 1 is 1.25 bits per heavy atom. The fourth-order valence-corrected chi connectivity index (χ4v) is 3.66. The summed E-state index contributed by atoms with van der Waals surface area (Å²) in [6, 6.07) is 5.14. The minimum Gasteiger partial charge on any atom is -0.381 e. The van der Waals surface area contributed by atoms with Crippen LogP contribution in [-0.4, -0.2) is 20.7 Å². The van der Waals surface area contributed by atoms with Crippen LogP contribution in [0.4, 0.5) is 5.69 Å². The maximum atomic E-state index is 11.6. The van der Waals surface area contributed by atoms with Crippen molar-refractivity contribution in [1.29, 1.82) is 0 Å². The van der Waals surface area contributed by atoms with E-state index in [1.807, 2.05) is 0 Å². The third-order valence-corrected chi connectivity index (χ3v) is 5.55. The quantitative estimate of drug-likeness (QED) is 0.909. The normalized spacial score (nSPS) is 18.8. The molecule has 5 heteroatoms. The highest BCUT2D eigenvalue weighted by Gasteiger charge is 2.21. The van der Waals surface area contributed by atoms with Crippen molar-refractivity contribution in [3.63, 3.8) is 0 Å². The molecule has 0 aliphatic heterocycles. The molecule has 1 N–H and O–H groups in total. The zero-order valence-corrected chi connectivity index (χ0v) is 13.6. The molecule has 0 bridgehead atoms. The molecule has 1 saturated carbocycles. The predicted molar refractivity (Wildman–Crippen MR) is 84.2 cm³/mol. The maximum absolute atomic E-state index is 11.6. The van der Waals surface area contributed by atoms with Crippen molar-refractivity contribution in [2.24, 2.45) is 5.92 Å². The van der Waals surface area contributed by atoms with E-state index in [-0.39, 0.29) is 0 Å². The Balaban J connectivity index is 2.15. The Kier molecular flexibility index (Phi) is 4.97. The zero-order valence-electron chi connectivity index (χ0n) is 12.0. The third kappa shape index (κ3) is 3.89. The standard InChI is InChI=1S/C15H22ClNO2S/c1-11(12-6-4-3-5-7-12)17-15-10-13(20(2,18)19)8-9-14(15)16/h8-12,17H,3-7H2,1-2H3. The fourth-order valence-electron chi connectivity index (χ4n) is 2.84. The van der Waals surface area contributed by atoms with Crippen molar-refractivity contribution < 1.29 is 8.42 Å². The highest BCUT2D eigenvalue weighted by Crippen LogP contribution is 2.31. The van der Waals surface area contributed by atoms with Crippen LogP contribution in [-0.2, 0) is 9.84 Å². The number of sulfone groups is 1. The Bertz CT molecular complexity index is 565. The van der Waals surface area contributed by atoms with Gasteiger partial charge in [-0.1, -0.05) is 30.9 Å². The minimum atomic E-state index is -3.20. The molecule has 0 aromatic heterocycles. The second-order valence-corrected chi connectivity index (χ2v) is 8.17. The molecule has 2 rings (SSSR count). The SMILES string of the molecule is CC(Nc1cc(S(C)(=O)=O)ccc1Cl)C1CCCCC1. The molecule has 1 aliphatic rings. The maximum Gasteiger partial charge on any atom is 0.175 e. The average molecular weight is 316 g/mol. The Hall–Kier alpha value is -0.740. The second-order valence-electron chi connectivity index (χ2n) is 5.74. The van der Waals surface area contributed by atoms with Gasteiger partial charge in [0.25, 0.3) is 0 Å². The van der Waals surface area contributed by atoms with Gasteiger partial charge in [-0.05, 0) is 43.9 Å². The van der Waals surface area contributed by atoms with Crippen LogP contribution >= 0.6 is 11.6 Å². The number of benzene rings is 1. The molecule has 1 aromatic carbocycles. The van der Waals surface area contributed by atoms with E-state index < -0.39 is 9.84 Å². The van der Waals surface area contributed by atoms with Crippen LogP contribution in [0.25, 0.3) is 0 Å². The smallest absolute Gasteiger partial charge is 0.175 e. The first-order valence-corrected chi connectivity index (χ1v) is 9.41. The first kappa shape index (κ1) is 15.6. The van der Waals surface area contributed by atoms with Gasteiger partial charge in [-0.3, -0.25) is 0 Å². The van der Waals surface area contributed by atoms with Crippen molar-refractivity contribution in [2.75, 3.05) is 11.6 Å². The largest absolute Gasteiger partial charge is 0.381 e. The molecule has 112 valence electrons. The van der Waals surface area contributed by atoms with E-state index in [4.69, 9.17) is 11.6 Å². The molecule has 1 fully saturated rings. The van der Waals surface area contributed by atoms with Gasteiger partial charge in [0.05, 0.1) is 15.6 Å². The summed E-state index contributed by atoms with van der Waals surface area (Å²) in [4.78, 5) is 0.306. The first-order chi connectivity index (χ1) is 9.38. The topological polar surface area (TPSA) is 46.2 Å². The van der Waals surface area contributed by atoms with Crippen molar-refractivity contribution >= 4 is 27.1 Å². The van der Waals surface area contributed by atoms with Gasteiger partial charge >= 0.3 is 0 Å². The lowest BCUT2D eigenvalue weighted by Gasteiger charge is -2.29. The fraction of sp³-hybridized carbons (Fsp3) is 0.600. The van der Waals surface area contributed by atoms with Crippen molar-refractivity contribution in [1.82, 2.24) is 0 Å². The highest BCUT2D eigenvalue weighted by molar-refractivity contribution is 7.90. The first-order valence-electron chi connectivity index (χ1n) is 7.14. The van der Waals surface area contributed by atoms with Crippen molar-refractivity contribution in [2.45, 2.75) is 50.0 Å². The van der Waals surface area contributed by atoms with Crippen LogP contribution in [0.15, 0.2) is 23.1 Å². The van der Waals surface area contributed by atoms with Crippen LogP contribution in [0.1, 0.15) is 39.0 Å². The van der Waals surface area contributed by atoms with E-state index in [9.17, 15) is 8.42 Å². The molecule has 20 heavy (non-hydrogen) atoms. The summed E-state index contributed by atoms with van der Waals surface area (Å²) in [5, 5.41) is 3.97. The number of halogens is 1. The van der Waals surface area contributed by atoms with Gasteiger partial charge < -0.3 is 5.32 Å². The zero-order chi connectivity index (χ0) is 14.8. The molecule has 0 saturated heterocycles. The van der Waals surface area contributed by atoms with Gasteiger partial charge in [-0.25, -0.2) is 8.42 Å². The molecule has 1 aliphatic carbocycles. The lowest BCUT2D eigenvalue weighted by molar-refractivity contribution is 0.328. The van der Waals surface area contributed by atoms with Gasteiger partial charge in [0.15, 0.2) is 9.84 Å². The van der Waals surface area contributed by atoms with E-state index in [1.54, 1.807) is 18.2 Å². The van der Waals surface area contributed by atoms with Crippen molar-refractivity contribution in [3.05, 3.63) is 23.2 Å². The van der Waals surface area contributed by atoms with E-state index in [1.165, 1.54) is 38.4 Å².